The molecule has 1 N–H and O–H groups in total. The zero-order valence-corrected chi connectivity index (χ0v) is 11.8. The van der Waals surface area contributed by atoms with Crippen LogP contribution in [0.2, 0.25) is 10.0 Å². The smallest absolute Gasteiger partial charge is 0.222 e. The van der Waals surface area contributed by atoms with E-state index in [1.165, 1.54) is 12.4 Å². The molecule has 2 rings (SSSR count). The van der Waals surface area contributed by atoms with Crippen LogP contribution in [0, 0.1) is 0 Å². The van der Waals surface area contributed by atoms with Crippen molar-refractivity contribution in [2.45, 2.75) is 6.10 Å². The average molecular weight is 298 g/mol. The molecule has 0 aliphatic carbocycles. The molecule has 0 radical (unpaired) electrons. The molecular formula is C13H13Cl2N3O. The fourth-order valence-electron chi connectivity index (χ4n) is 1.64. The van der Waals surface area contributed by atoms with Crippen LogP contribution in [0.4, 0.5) is 5.95 Å². The van der Waals surface area contributed by atoms with Crippen LogP contribution in [0.5, 0.6) is 0 Å². The molecule has 1 aromatic carbocycles. The van der Waals surface area contributed by atoms with Crippen molar-refractivity contribution in [1.29, 1.82) is 0 Å². The molecule has 0 saturated heterocycles. The molecule has 1 aromatic heterocycles. The Bertz CT molecular complexity index is 534. The number of methoxy groups -OCH3 is 1. The SMILES string of the molecule is COC(CNc1ncc(Cl)cn1)c1ccccc1Cl. The zero-order chi connectivity index (χ0) is 13.7. The first-order chi connectivity index (χ1) is 9.20. The normalized spacial score (nSPS) is 12.2. The van der Waals surface area contributed by atoms with Crippen molar-refractivity contribution in [3.63, 3.8) is 0 Å². The Morgan fingerprint density at radius 2 is 1.89 bits per heavy atom. The molecule has 0 aliphatic rings. The quantitative estimate of drug-likeness (QED) is 0.916. The van der Waals surface area contributed by atoms with Gasteiger partial charge in [-0.05, 0) is 6.07 Å². The van der Waals surface area contributed by atoms with E-state index in [-0.39, 0.29) is 6.10 Å². The Hall–Kier alpha value is -1.36. The molecule has 0 fully saturated rings. The second-order valence-corrected chi connectivity index (χ2v) is 4.70. The summed E-state index contributed by atoms with van der Waals surface area (Å²) in [5.41, 5.74) is 0.924. The topological polar surface area (TPSA) is 47.0 Å². The lowest BCUT2D eigenvalue weighted by atomic mass is 10.1. The van der Waals surface area contributed by atoms with Crippen LogP contribution < -0.4 is 5.32 Å². The van der Waals surface area contributed by atoms with E-state index < -0.39 is 0 Å². The molecule has 0 bridgehead atoms. The maximum Gasteiger partial charge on any atom is 0.222 e. The Morgan fingerprint density at radius 3 is 2.53 bits per heavy atom. The number of anilines is 1. The van der Waals surface area contributed by atoms with Crippen LogP contribution >= 0.6 is 23.2 Å². The summed E-state index contributed by atoms with van der Waals surface area (Å²) in [6.45, 7) is 0.516. The molecular weight excluding hydrogens is 285 g/mol. The molecule has 4 nitrogen and oxygen atoms in total. The number of rotatable bonds is 5. The molecule has 6 heteroatoms. The highest BCUT2D eigenvalue weighted by Gasteiger charge is 2.13. The van der Waals surface area contributed by atoms with E-state index in [0.717, 1.165) is 5.56 Å². The van der Waals surface area contributed by atoms with Gasteiger partial charge in [-0.25, -0.2) is 9.97 Å². The van der Waals surface area contributed by atoms with Gasteiger partial charge in [0.15, 0.2) is 0 Å². The molecule has 0 amide bonds. The van der Waals surface area contributed by atoms with Gasteiger partial charge in [0.25, 0.3) is 0 Å². The van der Waals surface area contributed by atoms with Gasteiger partial charge in [0.2, 0.25) is 5.95 Å². The highest BCUT2D eigenvalue weighted by atomic mass is 35.5. The van der Waals surface area contributed by atoms with Gasteiger partial charge in [0.1, 0.15) is 6.10 Å². The number of nitrogens with zero attached hydrogens (tertiary/aromatic N) is 2. The summed E-state index contributed by atoms with van der Waals surface area (Å²) in [5.74, 6) is 0.499. The summed E-state index contributed by atoms with van der Waals surface area (Å²) in [5, 5.41) is 4.26. The predicted molar refractivity (Wildman–Crippen MR) is 76.7 cm³/mol. The van der Waals surface area contributed by atoms with Crippen LogP contribution in [0.25, 0.3) is 0 Å². The monoisotopic (exact) mass is 297 g/mol. The van der Waals surface area contributed by atoms with E-state index >= 15 is 0 Å². The second kappa shape index (κ2) is 6.70. The van der Waals surface area contributed by atoms with Crippen molar-refractivity contribution in [3.8, 4) is 0 Å². The van der Waals surface area contributed by atoms with Crippen molar-refractivity contribution in [2.75, 3.05) is 19.0 Å². The fourth-order valence-corrected chi connectivity index (χ4v) is 2.00. The predicted octanol–water partition coefficient (Wildman–Crippen LogP) is 3.58. The maximum atomic E-state index is 6.14. The third-order valence-corrected chi connectivity index (χ3v) is 3.14. The van der Waals surface area contributed by atoms with Crippen molar-refractivity contribution in [1.82, 2.24) is 9.97 Å². The lowest BCUT2D eigenvalue weighted by Crippen LogP contribution is -2.16. The average Bonchev–Trinajstić information content (AvgIpc) is 2.43. The largest absolute Gasteiger partial charge is 0.375 e. The van der Waals surface area contributed by atoms with E-state index in [4.69, 9.17) is 27.9 Å². The Morgan fingerprint density at radius 1 is 1.21 bits per heavy atom. The minimum absolute atomic E-state index is 0.173. The van der Waals surface area contributed by atoms with E-state index in [9.17, 15) is 0 Å². The number of nitrogens with one attached hydrogen (secondary N) is 1. The summed E-state index contributed by atoms with van der Waals surface area (Å²) in [7, 11) is 1.64. The first-order valence-electron chi connectivity index (χ1n) is 5.69. The summed E-state index contributed by atoms with van der Waals surface area (Å²) in [4.78, 5) is 8.12. The molecule has 1 heterocycles. The third kappa shape index (κ3) is 3.80. The van der Waals surface area contributed by atoms with Gasteiger partial charge in [-0.15, -0.1) is 0 Å². The second-order valence-electron chi connectivity index (χ2n) is 3.85. The van der Waals surface area contributed by atoms with Crippen molar-refractivity contribution in [3.05, 3.63) is 52.3 Å². The number of hydrogen-bond donors (Lipinski definition) is 1. The van der Waals surface area contributed by atoms with Gasteiger partial charge in [-0.2, -0.15) is 0 Å². The van der Waals surface area contributed by atoms with Crippen LogP contribution in [0.15, 0.2) is 36.7 Å². The first-order valence-corrected chi connectivity index (χ1v) is 6.45. The van der Waals surface area contributed by atoms with Crippen LogP contribution in [-0.4, -0.2) is 23.6 Å². The van der Waals surface area contributed by atoms with Crippen molar-refractivity contribution >= 4 is 29.2 Å². The maximum absolute atomic E-state index is 6.14. The van der Waals surface area contributed by atoms with E-state index in [2.05, 4.69) is 15.3 Å². The molecule has 0 aliphatic heterocycles. The molecule has 2 aromatic rings. The molecule has 1 atom stereocenters. The van der Waals surface area contributed by atoms with Crippen LogP contribution in [-0.2, 0) is 4.74 Å². The lowest BCUT2D eigenvalue weighted by Gasteiger charge is -2.17. The Balaban J connectivity index is 2.04. The van der Waals surface area contributed by atoms with Gasteiger partial charge in [0.05, 0.1) is 17.4 Å². The van der Waals surface area contributed by atoms with Crippen LogP contribution in [0.3, 0.4) is 0 Å². The van der Waals surface area contributed by atoms with E-state index in [1.54, 1.807) is 7.11 Å². The lowest BCUT2D eigenvalue weighted by molar-refractivity contribution is 0.114. The number of hydrogen-bond acceptors (Lipinski definition) is 4. The summed E-state index contributed by atoms with van der Waals surface area (Å²) >= 11 is 11.9. The molecule has 1 unspecified atom stereocenters. The van der Waals surface area contributed by atoms with Crippen LogP contribution in [0.1, 0.15) is 11.7 Å². The van der Waals surface area contributed by atoms with Gasteiger partial charge >= 0.3 is 0 Å². The third-order valence-electron chi connectivity index (χ3n) is 2.60. The van der Waals surface area contributed by atoms with Gasteiger partial charge in [-0.1, -0.05) is 41.4 Å². The van der Waals surface area contributed by atoms with Gasteiger partial charge in [0, 0.05) is 24.2 Å². The van der Waals surface area contributed by atoms with Gasteiger partial charge in [-0.3, -0.25) is 0 Å². The van der Waals surface area contributed by atoms with E-state index in [1.807, 2.05) is 24.3 Å². The van der Waals surface area contributed by atoms with Gasteiger partial charge < -0.3 is 10.1 Å². The molecule has 100 valence electrons. The first kappa shape index (κ1) is 14.1. The number of benzene rings is 1. The minimum atomic E-state index is -0.173. The fraction of sp³-hybridized carbons (Fsp3) is 0.231. The Labute approximate surface area is 121 Å². The summed E-state index contributed by atoms with van der Waals surface area (Å²) in [6, 6.07) is 7.57. The minimum Gasteiger partial charge on any atom is -0.375 e. The number of halogens is 2. The standard InChI is InChI=1S/C13H13Cl2N3O/c1-19-12(10-4-2-3-5-11(10)15)8-18-13-16-6-9(14)7-17-13/h2-7,12H,8H2,1H3,(H,16,17,18). The molecule has 0 saturated carbocycles. The van der Waals surface area contributed by atoms with Crippen molar-refractivity contribution < 1.29 is 4.74 Å². The number of aromatic nitrogens is 2. The van der Waals surface area contributed by atoms with E-state index in [0.29, 0.717) is 22.5 Å². The highest BCUT2D eigenvalue weighted by molar-refractivity contribution is 6.31. The Kier molecular flexibility index (Phi) is 4.96. The highest BCUT2D eigenvalue weighted by Crippen LogP contribution is 2.25. The summed E-state index contributed by atoms with van der Waals surface area (Å²) < 4.78 is 5.43. The van der Waals surface area contributed by atoms with Crippen molar-refractivity contribution in [2.24, 2.45) is 0 Å². The number of ether oxygens (including phenoxy) is 1. The summed E-state index contributed by atoms with van der Waals surface area (Å²) in [6.07, 6.45) is 2.90. The molecule has 0 spiro atoms. The molecule has 19 heavy (non-hydrogen) atoms. The zero-order valence-electron chi connectivity index (χ0n) is 10.3.